The lowest BCUT2D eigenvalue weighted by molar-refractivity contribution is -0.176. The number of nitrogens with zero attached hydrogens (tertiary/aromatic N) is 10. The standard InChI is InChI=1S/C25H21FN6O3.C25H21FN6O2S.C2H4O2.H2O2/c2*1-15-11-17(7-8-20(15)27-4)31-23(34)25(2,3)32(24(31)35)18-6-5-16(19(26)12-18)13-29-22(33)21-9-10-28-14-30-21;1-2(3)4;1-2/h2*5-12,14H,13H2,1-3H3,(H,29,33);1H3,(H,3,4);1-2H. The molecule has 0 aliphatic carbocycles. The van der Waals surface area contributed by atoms with E-state index >= 15 is 4.39 Å². The van der Waals surface area contributed by atoms with E-state index in [-0.39, 0.29) is 52.3 Å². The van der Waals surface area contributed by atoms with E-state index < -0.39 is 52.4 Å². The molecular weight excluding hydrogens is 1010 g/mol. The van der Waals surface area contributed by atoms with Crippen molar-refractivity contribution >= 4 is 87.1 Å². The number of aliphatic carboxylic acids is 1. The molecule has 4 aromatic carbocycles. The first-order chi connectivity index (χ1) is 36.0. The van der Waals surface area contributed by atoms with Crippen molar-refractivity contribution < 1.29 is 53.2 Å². The van der Waals surface area contributed by atoms with Crippen molar-refractivity contribution in [3.05, 3.63) is 178 Å². The number of hydrogen-bond acceptors (Lipinski definition) is 13. The maximum Gasteiger partial charge on any atom is 0.336 e. The van der Waals surface area contributed by atoms with Gasteiger partial charge < -0.3 is 20.6 Å². The fourth-order valence-corrected chi connectivity index (χ4v) is 8.26. The van der Waals surface area contributed by atoms with Crippen LogP contribution < -0.4 is 30.2 Å². The maximum atomic E-state index is 15.0. The van der Waals surface area contributed by atoms with Crippen LogP contribution in [0.2, 0.25) is 0 Å². The quantitative estimate of drug-likeness (QED) is 0.0283. The predicted octanol–water partition coefficient (Wildman–Crippen LogP) is 8.59. The molecule has 0 spiro atoms. The molecule has 0 unspecified atom stereocenters. The van der Waals surface area contributed by atoms with Crippen LogP contribution in [-0.2, 0) is 27.5 Å². The van der Waals surface area contributed by atoms with E-state index in [1.165, 1.54) is 65.2 Å². The minimum atomic E-state index is -1.28. The lowest BCUT2D eigenvalue weighted by Crippen LogP contribution is -2.44. The summed E-state index contributed by atoms with van der Waals surface area (Å²) >= 11 is 5.65. The lowest BCUT2D eigenvalue weighted by atomic mass is 10.0. The zero-order valence-corrected chi connectivity index (χ0v) is 42.6. The third kappa shape index (κ3) is 12.5. The van der Waals surface area contributed by atoms with Crippen molar-refractivity contribution in [3.8, 4) is 0 Å². The predicted molar refractivity (Wildman–Crippen MR) is 279 cm³/mol. The van der Waals surface area contributed by atoms with Gasteiger partial charge >= 0.3 is 6.03 Å². The molecule has 2 aromatic heterocycles. The van der Waals surface area contributed by atoms with Gasteiger partial charge in [0.05, 0.1) is 18.8 Å². The first kappa shape index (κ1) is 57.4. The first-order valence-electron chi connectivity index (χ1n) is 22.4. The molecule has 8 rings (SSSR count). The molecule has 390 valence electrons. The van der Waals surface area contributed by atoms with E-state index in [4.69, 9.17) is 45.8 Å². The van der Waals surface area contributed by atoms with Crippen LogP contribution in [0.4, 0.5) is 47.7 Å². The molecule has 2 aliphatic rings. The summed E-state index contributed by atoms with van der Waals surface area (Å²) in [7, 11) is 0. The second-order valence-corrected chi connectivity index (χ2v) is 17.8. The van der Waals surface area contributed by atoms with Gasteiger partial charge in [-0.3, -0.25) is 44.3 Å². The van der Waals surface area contributed by atoms with Crippen LogP contribution in [0.25, 0.3) is 9.69 Å². The Morgan fingerprint density at radius 3 is 1.39 bits per heavy atom. The molecule has 24 heteroatoms. The lowest BCUT2D eigenvalue weighted by Gasteiger charge is -2.29. The van der Waals surface area contributed by atoms with Gasteiger partial charge in [0.2, 0.25) is 0 Å². The summed E-state index contributed by atoms with van der Waals surface area (Å²) in [5, 5.41) is 24.8. The molecule has 4 heterocycles. The third-order valence-electron chi connectivity index (χ3n) is 11.6. The van der Waals surface area contributed by atoms with E-state index in [0.717, 1.165) is 23.5 Å². The number of rotatable bonds is 10. The molecule has 2 fully saturated rings. The molecule has 6 amide bonds. The van der Waals surface area contributed by atoms with Gasteiger partial charge in [-0.1, -0.05) is 24.3 Å². The minimum absolute atomic E-state index is 0.0411. The van der Waals surface area contributed by atoms with Gasteiger partial charge in [-0.25, -0.2) is 48.1 Å². The Kier molecular flexibility index (Phi) is 18.5. The van der Waals surface area contributed by atoms with Crippen LogP contribution in [0.3, 0.4) is 0 Å². The molecule has 0 bridgehead atoms. The van der Waals surface area contributed by atoms with E-state index in [9.17, 15) is 28.4 Å². The molecular formula is C52H48F2N12O9S. The highest BCUT2D eigenvalue weighted by Gasteiger charge is 2.53. The van der Waals surface area contributed by atoms with Gasteiger partial charge in [0.1, 0.15) is 46.8 Å². The molecule has 76 heavy (non-hydrogen) atoms. The summed E-state index contributed by atoms with van der Waals surface area (Å²) < 4.78 is 30.0. The highest BCUT2D eigenvalue weighted by molar-refractivity contribution is 7.81. The highest BCUT2D eigenvalue weighted by Crippen LogP contribution is 2.40. The Bertz CT molecular complexity index is 3100. The van der Waals surface area contributed by atoms with Gasteiger partial charge in [-0.15, -0.1) is 0 Å². The van der Waals surface area contributed by atoms with Gasteiger partial charge in [0.15, 0.2) is 16.5 Å². The van der Waals surface area contributed by atoms with Crippen LogP contribution in [0, 0.1) is 38.6 Å². The summed E-state index contributed by atoms with van der Waals surface area (Å²) in [4.78, 5) is 101. The van der Waals surface area contributed by atoms with Crippen molar-refractivity contribution in [2.45, 2.75) is 72.6 Å². The summed E-state index contributed by atoms with van der Waals surface area (Å²) in [6.45, 7) is 25.5. The molecule has 0 saturated carbocycles. The fourth-order valence-electron chi connectivity index (χ4n) is 7.74. The number of carbonyl (C=O) groups excluding carboxylic acids is 5. The van der Waals surface area contributed by atoms with Crippen molar-refractivity contribution in [1.29, 1.82) is 0 Å². The Hall–Kier alpha value is -9.49. The fraction of sp³-hybridized carbons (Fsp3) is 0.212. The van der Waals surface area contributed by atoms with E-state index in [0.29, 0.717) is 34.0 Å². The number of thiocarbonyl (C=S) groups is 1. The molecule has 21 nitrogen and oxygen atoms in total. The summed E-state index contributed by atoms with van der Waals surface area (Å²) in [6, 6.07) is 20.7. The second-order valence-electron chi connectivity index (χ2n) is 17.4. The number of halogens is 2. The average molecular weight is 1060 g/mol. The second kappa shape index (κ2) is 24.5. The number of benzene rings is 4. The summed E-state index contributed by atoms with van der Waals surface area (Å²) in [5.74, 6) is -3.69. The largest absolute Gasteiger partial charge is 0.481 e. The van der Waals surface area contributed by atoms with Gasteiger partial charge in [-0.05, 0) is 126 Å². The molecule has 2 saturated heterocycles. The number of anilines is 4. The third-order valence-corrected chi connectivity index (χ3v) is 11.9. The number of carbonyl (C=O) groups is 6. The van der Waals surface area contributed by atoms with E-state index in [2.05, 4.69) is 40.3 Å². The summed E-state index contributed by atoms with van der Waals surface area (Å²) in [5.41, 5.74) is 2.23. The SMILES string of the molecule is CC(=O)O.OO.[C-]#[N+]c1ccc(N2C(=O)C(C)(C)N(c3ccc(CNC(=O)c4ccncn4)c(F)c3)C2=S)cc1C.[C-]#[N+]c1ccc(N2C(=O)N(c3ccc(CNC(=O)c4ccncn4)c(F)c3)C(C)(C)C2=O)cc1C. The number of aryl methyl sites for hydroxylation is 2. The maximum absolute atomic E-state index is 15.0. The number of carboxylic acid groups (broad SMARTS) is 1. The Labute approximate surface area is 439 Å². The number of urea groups is 1. The molecule has 0 atom stereocenters. The average Bonchev–Trinajstić information content (AvgIpc) is 3.69. The van der Waals surface area contributed by atoms with Crippen molar-refractivity contribution in [2.24, 2.45) is 0 Å². The van der Waals surface area contributed by atoms with Gasteiger partial charge in [0.25, 0.3) is 29.6 Å². The monoisotopic (exact) mass is 1050 g/mol. The highest BCUT2D eigenvalue weighted by atomic mass is 32.1. The number of hydrogen-bond donors (Lipinski definition) is 5. The minimum Gasteiger partial charge on any atom is -0.481 e. The van der Waals surface area contributed by atoms with Crippen LogP contribution in [0.5, 0.6) is 0 Å². The van der Waals surface area contributed by atoms with Crippen LogP contribution >= 0.6 is 12.2 Å². The van der Waals surface area contributed by atoms with Crippen LogP contribution in [0.15, 0.2) is 110 Å². The van der Waals surface area contributed by atoms with Crippen molar-refractivity contribution in [2.75, 3.05) is 19.6 Å². The van der Waals surface area contributed by atoms with Crippen molar-refractivity contribution in [1.82, 2.24) is 30.6 Å². The first-order valence-corrected chi connectivity index (χ1v) is 22.8. The van der Waals surface area contributed by atoms with Crippen LogP contribution in [-0.4, -0.2) is 87.4 Å². The number of carboxylic acids is 1. The smallest absolute Gasteiger partial charge is 0.336 e. The molecule has 6 aromatic rings. The molecule has 0 radical (unpaired) electrons. The zero-order chi connectivity index (χ0) is 56.2. The number of amides is 6. The zero-order valence-electron chi connectivity index (χ0n) is 41.7. The number of imide groups is 1. The normalized spacial score (nSPS) is 14.0. The Morgan fingerprint density at radius 2 is 1.01 bits per heavy atom. The van der Waals surface area contributed by atoms with Crippen LogP contribution in [0.1, 0.15) is 77.8 Å². The van der Waals surface area contributed by atoms with Gasteiger partial charge in [0, 0.05) is 60.6 Å². The Balaban J connectivity index is 0.000000255. The summed E-state index contributed by atoms with van der Waals surface area (Å²) in [6.07, 6.45) is 5.38. The van der Waals surface area contributed by atoms with Gasteiger partial charge in [-0.2, -0.15) is 0 Å². The Morgan fingerprint density at radius 1 is 0.632 bits per heavy atom. The number of nitrogens with one attached hydrogen (secondary N) is 2. The van der Waals surface area contributed by atoms with Crippen molar-refractivity contribution in [3.63, 3.8) is 0 Å². The van der Waals surface area contributed by atoms with E-state index in [1.54, 1.807) is 95.0 Å². The topological polar surface area (TPSA) is 260 Å². The van der Waals surface area contributed by atoms with E-state index in [1.807, 2.05) is 0 Å². The number of aromatic nitrogens is 4. The molecule has 5 N–H and O–H groups in total. The molecule has 2 aliphatic heterocycles.